The Morgan fingerprint density at radius 2 is 1.56 bits per heavy atom. The van der Waals surface area contributed by atoms with Gasteiger partial charge in [0.25, 0.3) is 5.91 Å². The maximum atomic E-state index is 14.4. The Kier molecular flexibility index (Phi) is 5.48. The average molecular weight is 376 g/mol. The summed E-state index contributed by atoms with van der Waals surface area (Å²) in [4.78, 5) is 27.2. The number of benzene rings is 2. The third-order valence-electron chi connectivity index (χ3n) is 4.67. The zero-order chi connectivity index (χ0) is 19.6. The van der Waals surface area contributed by atoms with Gasteiger partial charge in [0.05, 0.1) is 5.69 Å². The number of piperazine rings is 1. The highest BCUT2D eigenvalue weighted by Crippen LogP contribution is 2.24. The summed E-state index contributed by atoms with van der Waals surface area (Å²) in [6.07, 6.45) is 0.298. The van der Waals surface area contributed by atoms with Crippen LogP contribution < -0.4 is 4.90 Å². The summed E-state index contributed by atoms with van der Waals surface area (Å²) in [6, 6.07) is 7.63. The number of anilines is 1. The third-order valence-corrected chi connectivity index (χ3v) is 4.67. The molecule has 2 aromatic carbocycles. The average Bonchev–Trinajstić information content (AvgIpc) is 2.67. The Morgan fingerprint density at radius 1 is 0.926 bits per heavy atom. The molecule has 0 unspecified atom stereocenters. The molecule has 1 heterocycles. The molecule has 1 amide bonds. The molecule has 142 valence electrons. The molecule has 0 aliphatic carbocycles. The van der Waals surface area contributed by atoms with Crippen LogP contribution in [0.5, 0.6) is 0 Å². The standard InChI is InChI=1S/C20H19F3N2O2/c1-2-18(26)13-6-7-17(16(23)12-13)24-8-10-25(11-9-24)20(27)19-14(21)4-3-5-15(19)22/h3-7,12H,2,8-11H2,1H3. The molecule has 0 aromatic heterocycles. The molecule has 0 saturated carbocycles. The van der Waals surface area contributed by atoms with E-state index in [1.807, 2.05) is 0 Å². The van der Waals surface area contributed by atoms with Crippen LogP contribution in [-0.2, 0) is 0 Å². The first-order chi connectivity index (χ1) is 12.9. The second-order valence-corrected chi connectivity index (χ2v) is 6.32. The topological polar surface area (TPSA) is 40.6 Å². The smallest absolute Gasteiger partial charge is 0.259 e. The van der Waals surface area contributed by atoms with E-state index in [-0.39, 0.29) is 18.9 Å². The zero-order valence-electron chi connectivity index (χ0n) is 14.8. The number of halogens is 3. The van der Waals surface area contributed by atoms with E-state index < -0.39 is 28.9 Å². The predicted octanol–water partition coefficient (Wildman–Crippen LogP) is 3.66. The van der Waals surface area contributed by atoms with E-state index in [9.17, 15) is 22.8 Å². The molecule has 27 heavy (non-hydrogen) atoms. The van der Waals surface area contributed by atoms with Crippen LogP contribution in [0.1, 0.15) is 34.1 Å². The van der Waals surface area contributed by atoms with Crippen LogP contribution in [0.15, 0.2) is 36.4 Å². The van der Waals surface area contributed by atoms with Gasteiger partial charge in [0.15, 0.2) is 5.78 Å². The van der Waals surface area contributed by atoms with Gasteiger partial charge in [-0.2, -0.15) is 0 Å². The van der Waals surface area contributed by atoms with Gasteiger partial charge in [-0.15, -0.1) is 0 Å². The highest BCUT2D eigenvalue weighted by molar-refractivity contribution is 5.96. The zero-order valence-corrected chi connectivity index (χ0v) is 14.8. The van der Waals surface area contributed by atoms with Crippen LogP contribution >= 0.6 is 0 Å². The largest absolute Gasteiger partial charge is 0.366 e. The molecule has 1 saturated heterocycles. The summed E-state index contributed by atoms with van der Waals surface area (Å²) in [5, 5.41) is 0. The van der Waals surface area contributed by atoms with E-state index in [2.05, 4.69) is 0 Å². The number of hydrogen-bond acceptors (Lipinski definition) is 3. The van der Waals surface area contributed by atoms with E-state index >= 15 is 0 Å². The maximum Gasteiger partial charge on any atom is 0.259 e. The SMILES string of the molecule is CCC(=O)c1ccc(N2CCN(C(=O)c3c(F)cccc3F)CC2)c(F)c1. The molecule has 0 bridgehead atoms. The molecule has 1 fully saturated rings. The van der Waals surface area contributed by atoms with Gasteiger partial charge in [-0.1, -0.05) is 13.0 Å². The van der Waals surface area contributed by atoms with Crippen LogP contribution in [-0.4, -0.2) is 42.8 Å². The van der Waals surface area contributed by atoms with Crippen molar-refractivity contribution in [3.8, 4) is 0 Å². The summed E-state index contributed by atoms with van der Waals surface area (Å²) in [6.45, 7) is 2.77. The van der Waals surface area contributed by atoms with Crippen molar-refractivity contribution in [2.45, 2.75) is 13.3 Å². The van der Waals surface area contributed by atoms with Crippen LogP contribution in [0, 0.1) is 17.5 Å². The van der Waals surface area contributed by atoms with Crippen molar-refractivity contribution in [2.75, 3.05) is 31.1 Å². The first kappa shape index (κ1) is 18.9. The van der Waals surface area contributed by atoms with Crippen molar-refractivity contribution in [2.24, 2.45) is 0 Å². The molecule has 2 aromatic rings. The lowest BCUT2D eigenvalue weighted by molar-refractivity contribution is 0.0736. The monoisotopic (exact) mass is 376 g/mol. The molecule has 1 aliphatic rings. The normalized spacial score (nSPS) is 14.4. The molecule has 3 rings (SSSR count). The Morgan fingerprint density at radius 3 is 2.11 bits per heavy atom. The molecule has 0 radical (unpaired) electrons. The Labute approximate surface area is 155 Å². The second-order valence-electron chi connectivity index (χ2n) is 6.32. The maximum absolute atomic E-state index is 14.4. The van der Waals surface area contributed by atoms with Crippen molar-refractivity contribution < 1.29 is 22.8 Å². The number of carbonyl (C=O) groups excluding carboxylic acids is 2. The fourth-order valence-corrected chi connectivity index (χ4v) is 3.15. The van der Waals surface area contributed by atoms with E-state index in [1.54, 1.807) is 24.0 Å². The summed E-state index contributed by atoms with van der Waals surface area (Å²) < 4.78 is 42.0. The van der Waals surface area contributed by atoms with Crippen LogP contribution in [0.2, 0.25) is 0 Å². The number of amides is 1. The fraction of sp³-hybridized carbons (Fsp3) is 0.300. The summed E-state index contributed by atoms with van der Waals surface area (Å²) >= 11 is 0. The van der Waals surface area contributed by atoms with Gasteiger partial charge in [0, 0.05) is 38.2 Å². The van der Waals surface area contributed by atoms with Crippen molar-refractivity contribution in [3.63, 3.8) is 0 Å². The minimum atomic E-state index is -0.898. The quantitative estimate of drug-likeness (QED) is 0.765. The molecule has 4 nitrogen and oxygen atoms in total. The number of hydrogen-bond donors (Lipinski definition) is 0. The molecule has 0 atom stereocenters. The number of Topliss-reactive ketones (excluding diaryl/α,β-unsaturated/α-hetero) is 1. The molecular formula is C20H19F3N2O2. The van der Waals surface area contributed by atoms with Gasteiger partial charge < -0.3 is 9.80 Å². The molecular weight excluding hydrogens is 357 g/mol. The number of rotatable bonds is 4. The van der Waals surface area contributed by atoms with Gasteiger partial charge in [-0.3, -0.25) is 9.59 Å². The lowest BCUT2D eigenvalue weighted by atomic mass is 10.1. The van der Waals surface area contributed by atoms with Gasteiger partial charge in [0.1, 0.15) is 23.0 Å². The van der Waals surface area contributed by atoms with Gasteiger partial charge in [-0.25, -0.2) is 13.2 Å². The van der Waals surface area contributed by atoms with Gasteiger partial charge in [-0.05, 0) is 30.3 Å². The van der Waals surface area contributed by atoms with Crippen molar-refractivity contribution in [3.05, 3.63) is 65.0 Å². The van der Waals surface area contributed by atoms with Crippen LogP contribution in [0.3, 0.4) is 0 Å². The van der Waals surface area contributed by atoms with E-state index in [0.29, 0.717) is 30.8 Å². The molecule has 7 heteroatoms. The summed E-state index contributed by atoms with van der Waals surface area (Å²) in [5.74, 6) is -3.15. The Hall–Kier alpha value is -2.83. The van der Waals surface area contributed by atoms with Crippen LogP contribution in [0.25, 0.3) is 0 Å². The minimum absolute atomic E-state index is 0.136. The highest BCUT2D eigenvalue weighted by atomic mass is 19.1. The van der Waals surface area contributed by atoms with E-state index in [4.69, 9.17) is 0 Å². The highest BCUT2D eigenvalue weighted by Gasteiger charge is 2.27. The van der Waals surface area contributed by atoms with Gasteiger partial charge >= 0.3 is 0 Å². The minimum Gasteiger partial charge on any atom is -0.366 e. The predicted molar refractivity (Wildman–Crippen MR) is 95.5 cm³/mol. The number of carbonyl (C=O) groups is 2. The summed E-state index contributed by atoms with van der Waals surface area (Å²) in [5.41, 5.74) is 0.0916. The first-order valence-electron chi connectivity index (χ1n) is 8.73. The van der Waals surface area contributed by atoms with Crippen molar-refractivity contribution >= 4 is 17.4 Å². The summed E-state index contributed by atoms with van der Waals surface area (Å²) in [7, 11) is 0. The van der Waals surface area contributed by atoms with Gasteiger partial charge in [0.2, 0.25) is 0 Å². The molecule has 1 aliphatic heterocycles. The van der Waals surface area contributed by atoms with Crippen molar-refractivity contribution in [1.29, 1.82) is 0 Å². The first-order valence-corrected chi connectivity index (χ1v) is 8.73. The third kappa shape index (κ3) is 3.82. The second kappa shape index (κ2) is 7.82. The lowest BCUT2D eigenvalue weighted by Crippen LogP contribution is -2.49. The van der Waals surface area contributed by atoms with Crippen molar-refractivity contribution in [1.82, 2.24) is 4.90 Å². The number of nitrogens with zero attached hydrogens (tertiary/aromatic N) is 2. The fourth-order valence-electron chi connectivity index (χ4n) is 3.15. The molecule has 0 N–H and O–H groups in total. The Balaban J connectivity index is 1.70. The van der Waals surface area contributed by atoms with E-state index in [0.717, 1.165) is 12.1 Å². The molecule has 0 spiro atoms. The lowest BCUT2D eigenvalue weighted by Gasteiger charge is -2.36. The Bertz CT molecular complexity index is 857. The van der Waals surface area contributed by atoms with Crippen LogP contribution in [0.4, 0.5) is 18.9 Å². The number of ketones is 1. The van der Waals surface area contributed by atoms with E-state index in [1.165, 1.54) is 17.0 Å².